The van der Waals surface area contributed by atoms with Crippen LogP contribution in [0.5, 0.6) is 0 Å². The van der Waals surface area contributed by atoms with Crippen LogP contribution in [-0.4, -0.2) is 68.1 Å². The van der Waals surface area contributed by atoms with Crippen LogP contribution in [0.4, 0.5) is 13.6 Å². The number of urea groups is 1. The molecule has 0 spiro atoms. The lowest BCUT2D eigenvalue weighted by Gasteiger charge is -2.43. The van der Waals surface area contributed by atoms with E-state index in [1.165, 1.54) is 6.07 Å². The molecule has 2 amide bonds. The summed E-state index contributed by atoms with van der Waals surface area (Å²) >= 11 is 6.35. The molecule has 0 aromatic heterocycles. The highest BCUT2D eigenvalue weighted by Crippen LogP contribution is 2.43. The highest BCUT2D eigenvalue weighted by molar-refractivity contribution is 6.31. The van der Waals surface area contributed by atoms with Crippen LogP contribution in [-0.2, 0) is 10.3 Å². The number of carbonyl (C=O) groups excluding carboxylic acids is 1. The van der Waals surface area contributed by atoms with Crippen LogP contribution >= 0.6 is 11.6 Å². The summed E-state index contributed by atoms with van der Waals surface area (Å²) in [6.07, 6.45) is 7.40. The van der Waals surface area contributed by atoms with E-state index in [1.807, 2.05) is 0 Å². The summed E-state index contributed by atoms with van der Waals surface area (Å²) < 4.78 is 35.0. The van der Waals surface area contributed by atoms with Crippen LogP contribution in [0.2, 0.25) is 5.02 Å². The number of rotatable bonds is 12. The summed E-state index contributed by atoms with van der Waals surface area (Å²) in [6, 6.07) is 3.94. The Hall–Kier alpha value is -1.48. The molecule has 9 heteroatoms. The smallest absolute Gasteiger partial charge is 0.317 e. The normalized spacial score (nSPS) is 22.3. The molecular formula is C28H44ClF2N3O3. The van der Waals surface area contributed by atoms with Crippen molar-refractivity contribution in [3.05, 3.63) is 34.6 Å². The molecule has 1 heterocycles. The number of unbranched alkanes of at least 4 members (excludes halogenated alkanes) is 1. The number of hydrogen-bond acceptors (Lipinski definition) is 4. The maximum atomic E-state index is 15.4. The summed E-state index contributed by atoms with van der Waals surface area (Å²) in [7, 11) is 3.43. The first-order valence-electron chi connectivity index (χ1n) is 13.8. The zero-order chi connectivity index (χ0) is 26.9. The van der Waals surface area contributed by atoms with Gasteiger partial charge in [-0.05, 0) is 58.1 Å². The molecule has 1 unspecified atom stereocenters. The molecule has 2 aliphatic rings. The summed E-state index contributed by atoms with van der Waals surface area (Å²) in [4.78, 5) is 15.0. The van der Waals surface area contributed by atoms with Gasteiger partial charge in [-0.25, -0.2) is 13.6 Å². The third-order valence-corrected chi connectivity index (χ3v) is 8.48. The number of nitrogens with zero attached hydrogens (tertiary/aromatic N) is 1. The Morgan fingerprint density at radius 3 is 2.76 bits per heavy atom. The highest BCUT2D eigenvalue weighted by Gasteiger charge is 2.43. The van der Waals surface area contributed by atoms with E-state index in [-0.39, 0.29) is 23.0 Å². The molecule has 2 fully saturated rings. The average molecular weight is 544 g/mol. The number of alkyl halides is 1. The van der Waals surface area contributed by atoms with Gasteiger partial charge in [0.05, 0.1) is 10.6 Å². The Labute approximate surface area is 225 Å². The van der Waals surface area contributed by atoms with Gasteiger partial charge in [0.25, 0.3) is 0 Å². The van der Waals surface area contributed by atoms with E-state index in [0.29, 0.717) is 76.8 Å². The molecule has 1 saturated heterocycles. The van der Waals surface area contributed by atoms with Gasteiger partial charge in [-0.1, -0.05) is 43.0 Å². The van der Waals surface area contributed by atoms with Crippen molar-refractivity contribution in [3.8, 4) is 0 Å². The number of amides is 2. The van der Waals surface area contributed by atoms with Crippen molar-refractivity contribution in [3.63, 3.8) is 0 Å². The fraction of sp³-hybridized carbons (Fsp3) is 0.750. The minimum absolute atomic E-state index is 0.0758. The number of likely N-dealkylation sites (N-methyl/N-ethyl adjacent to an activating group) is 1. The highest BCUT2D eigenvalue weighted by atomic mass is 35.5. The Balaban J connectivity index is 1.74. The van der Waals surface area contributed by atoms with Crippen molar-refractivity contribution in [2.24, 2.45) is 5.92 Å². The zero-order valence-corrected chi connectivity index (χ0v) is 23.1. The molecule has 1 aromatic carbocycles. The predicted molar refractivity (Wildman–Crippen MR) is 143 cm³/mol. The van der Waals surface area contributed by atoms with Gasteiger partial charge in [0.1, 0.15) is 11.5 Å². The van der Waals surface area contributed by atoms with Gasteiger partial charge < -0.3 is 25.4 Å². The molecule has 3 rings (SSSR count). The van der Waals surface area contributed by atoms with Gasteiger partial charge in [-0.3, -0.25) is 0 Å². The lowest BCUT2D eigenvalue weighted by atomic mass is 9.74. The molecule has 6 nitrogen and oxygen atoms in total. The van der Waals surface area contributed by atoms with Crippen LogP contribution in [0, 0.1) is 11.7 Å². The Kier molecular flexibility index (Phi) is 11.4. The minimum Gasteiger partial charge on any atom is -0.385 e. The summed E-state index contributed by atoms with van der Waals surface area (Å²) in [6.45, 7) is 1.91. The number of piperidine rings is 1. The van der Waals surface area contributed by atoms with Crippen LogP contribution in [0.3, 0.4) is 0 Å². The molecular weight excluding hydrogens is 500 g/mol. The van der Waals surface area contributed by atoms with Crippen molar-refractivity contribution >= 4 is 17.6 Å². The first-order chi connectivity index (χ1) is 17.7. The topological polar surface area (TPSA) is 73.8 Å². The molecule has 3 atom stereocenters. The van der Waals surface area contributed by atoms with E-state index in [9.17, 15) is 14.3 Å². The minimum atomic E-state index is -1.39. The molecule has 3 N–H and O–H groups in total. The SMILES string of the molecule is CNCC(CC1(F)CCCCC1)NC(=O)N1CCC[C@@H]([C@@](O)(CCCCOC)c2cccc(F)c2Cl)C1. The number of benzene rings is 1. The summed E-state index contributed by atoms with van der Waals surface area (Å²) in [5, 5.41) is 18.1. The van der Waals surface area contributed by atoms with Crippen LogP contribution in [0.25, 0.3) is 0 Å². The number of nitrogens with one attached hydrogen (secondary N) is 2. The Morgan fingerprint density at radius 1 is 1.30 bits per heavy atom. The second-order valence-electron chi connectivity index (χ2n) is 10.9. The van der Waals surface area contributed by atoms with Crippen LogP contribution < -0.4 is 10.6 Å². The lowest BCUT2D eigenvalue weighted by molar-refractivity contribution is -0.0565. The second-order valence-corrected chi connectivity index (χ2v) is 11.3. The van der Waals surface area contributed by atoms with E-state index in [0.717, 1.165) is 25.7 Å². The van der Waals surface area contributed by atoms with Gasteiger partial charge in [-0.2, -0.15) is 0 Å². The maximum Gasteiger partial charge on any atom is 0.317 e. The number of hydrogen-bond donors (Lipinski definition) is 3. The van der Waals surface area contributed by atoms with E-state index < -0.39 is 17.1 Å². The number of likely N-dealkylation sites (tertiary alicyclic amines) is 1. The maximum absolute atomic E-state index is 15.4. The number of ether oxygens (including phenoxy) is 1. The summed E-state index contributed by atoms with van der Waals surface area (Å²) in [5.74, 6) is -0.889. The van der Waals surface area contributed by atoms with Crippen LogP contribution in [0.1, 0.15) is 76.2 Å². The third kappa shape index (κ3) is 8.01. The van der Waals surface area contributed by atoms with Gasteiger partial charge in [-0.15, -0.1) is 0 Å². The Morgan fingerprint density at radius 2 is 2.05 bits per heavy atom. The fourth-order valence-corrected chi connectivity index (χ4v) is 6.40. The van der Waals surface area contributed by atoms with Crippen LogP contribution in [0.15, 0.2) is 18.2 Å². The zero-order valence-electron chi connectivity index (χ0n) is 22.3. The quantitative estimate of drug-likeness (QED) is 0.302. The molecule has 37 heavy (non-hydrogen) atoms. The van der Waals surface area contributed by atoms with Gasteiger partial charge in [0, 0.05) is 57.3 Å². The van der Waals surface area contributed by atoms with E-state index in [2.05, 4.69) is 10.6 Å². The molecule has 1 aliphatic heterocycles. The molecule has 0 bridgehead atoms. The lowest BCUT2D eigenvalue weighted by Crippen LogP contribution is -2.54. The average Bonchev–Trinajstić information content (AvgIpc) is 2.88. The molecule has 210 valence electrons. The van der Waals surface area contributed by atoms with E-state index >= 15 is 4.39 Å². The first kappa shape index (κ1) is 30.1. The monoisotopic (exact) mass is 543 g/mol. The van der Waals surface area contributed by atoms with E-state index in [4.69, 9.17) is 16.3 Å². The largest absolute Gasteiger partial charge is 0.385 e. The van der Waals surface area contributed by atoms with Crippen molar-refractivity contribution in [1.29, 1.82) is 0 Å². The van der Waals surface area contributed by atoms with Gasteiger partial charge >= 0.3 is 6.03 Å². The van der Waals surface area contributed by atoms with Crippen molar-refractivity contribution in [1.82, 2.24) is 15.5 Å². The first-order valence-corrected chi connectivity index (χ1v) is 14.1. The standard InChI is InChI=1S/C28H44ClF2N3O3/c1-32-19-22(18-27(31)13-4-3-5-14-27)33-26(35)34-16-9-10-21(20-34)28(36,15-6-7-17-37-2)23-11-8-12-24(30)25(23)29/h8,11-12,21-22,32,36H,3-7,9-10,13-20H2,1-2H3,(H,33,35)/t21-,22?,28+/m1/s1. The van der Waals surface area contributed by atoms with E-state index in [1.54, 1.807) is 31.2 Å². The number of halogens is 3. The second kappa shape index (κ2) is 14.1. The number of methoxy groups -OCH3 is 1. The summed E-state index contributed by atoms with van der Waals surface area (Å²) in [5.41, 5.74) is -2.27. The molecule has 1 aromatic rings. The molecule has 0 radical (unpaired) electrons. The Bertz CT molecular complexity index is 871. The predicted octanol–water partition coefficient (Wildman–Crippen LogP) is 5.56. The van der Waals surface area contributed by atoms with Crippen molar-refractivity contribution in [2.75, 3.05) is 40.4 Å². The molecule has 1 saturated carbocycles. The molecule has 1 aliphatic carbocycles. The van der Waals surface area contributed by atoms with Gasteiger partial charge in [0.2, 0.25) is 0 Å². The van der Waals surface area contributed by atoms with Crippen molar-refractivity contribution < 1.29 is 23.4 Å². The fourth-order valence-electron chi connectivity index (χ4n) is 6.11. The van der Waals surface area contributed by atoms with Gasteiger partial charge in [0.15, 0.2) is 0 Å². The third-order valence-electron chi connectivity index (χ3n) is 8.10. The van der Waals surface area contributed by atoms with Crippen molar-refractivity contribution in [2.45, 2.75) is 87.9 Å². The number of carbonyl (C=O) groups is 1. The number of aliphatic hydroxyl groups is 1.